The number of alkyl halides is 4. The number of aliphatic hydroxyl groups is 1. The van der Waals surface area contributed by atoms with Crippen LogP contribution < -0.4 is 10.0 Å². The number of nitrogens with one attached hydrogen (secondary N) is 2. The largest absolute Gasteiger partial charge is 0.416 e. The standard InChI is InChI=1S/C17H17F4N3O4S/c1-22-29(27,28)15-11(13(18)10-5-3-2-4-6-10)7-8-23-14(15)16(26)24-9-12(25)17(19,20)21/h2-8,12-13,22,25H,9H2,1H3,(H,24,26). The lowest BCUT2D eigenvalue weighted by atomic mass is 10.0. The van der Waals surface area contributed by atoms with Gasteiger partial charge in [0, 0.05) is 11.8 Å². The van der Waals surface area contributed by atoms with Crippen LogP contribution >= 0.6 is 0 Å². The number of sulfonamides is 1. The Morgan fingerprint density at radius 3 is 2.38 bits per heavy atom. The predicted octanol–water partition coefficient (Wildman–Crippen LogP) is 1.70. The summed E-state index contributed by atoms with van der Waals surface area (Å²) in [4.78, 5) is 15.1. The van der Waals surface area contributed by atoms with Crippen molar-refractivity contribution < 1.29 is 35.9 Å². The first kappa shape index (κ1) is 22.7. The lowest BCUT2D eigenvalue weighted by molar-refractivity contribution is -0.201. The van der Waals surface area contributed by atoms with Gasteiger partial charge in [-0.3, -0.25) is 4.79 Å². The van der Waals surface area contributed by atoms with Crippen LogP contribution in [0.15, 0.2) is 47.5 Å². The van der Waals surface area contributed by atoms with Gasteiger partial charge in [-0.05, 0) is 18.7 Å². The molecule has 0 saturated heterocycles. The van der Waals surface area contributed by atoms with E-state index in [2.05, 4.69) is 4.98 Å². The molecule has 0 saturated carbocycles. The first-order chi connectivity index (χ1) is 13.5. The van der Waals surface area contributed by atoms with Gasteiger partial charge in [0.15, 0.2) is 12.3 Å². The van der Waals surface area contributed by atoms with Crippen LogP contribution in [0.1, 0.15) is 27.8 Å². The van der Waals surface area contributed by atoms with E-state index in [0.717, 1.165) is 19.3 Å². The van der Waals surface area contributed by atoms with Crippen LogP contribution in [0, 0.1) is 0 Å². The maximum absolute atomic E-state index is 15.1. The van der Waals surface area contributed by atoms with E-state index in [9.17, 15) is 26.4 Å². The summed E-state index contributed by atoms with van der Waals surface area (Å²) in [5.74, 6) is -1.32. The van der Waals surface area contributed by atoms with Gasteiger partial charge in [0.05, 0.1) is 6.54 Å². The van der Waals surface area contributed by atoms with Gasteiger partial charge in [0.2, 0.25) is 10.0 Å². The quantitative estimate of drug-likeness (QED) is 0.574. The molecular weight excluding hydrogens is 418 g/mol. The fourth-order valence-electron chi connectivity index (χ4n) is 2.40. The minimum absolute atomic E-state index is 0.102. The van der Waals surface area contributed by atoms with Gasteiger partial charge in [-0.1, -0.05) is 30.3 Å². The van der Waals surface area contributed by atoms with Crippen LogP contribution in [-0.2, 0) is 10.0 Å². The predicted molar refractivity (Wildman–Crippen MR) is 94.3 cm³/mol. The van der Waals surface area contributed by atoms with Gasteiger partial charge in [0.25, 0.3) is 5.91 Å². The average Bonchev–Trinajstić information content (AvgIpc) is 2.70. The summed E-state index contributed by atoms with van der Waals surface area (Å²) < 4.78 is 79.2. The van der Waals surface area contributed by atoms with Crippen LogP contribution in [0.4, 0.5) is 17.6 Å². The highest BCUT2D eigenvalue weighted by Gasteiger charge is 2.39. The molecule has 1 amide bonds. The normalized spacial score (nSPS) is 14.3. The third kappa shape index (κ3) is 5.28. The Hall–Kier alpha value is -2.57. The lowest BCUT2D eigenvalue weighted by Gasteiger charge is -2.18. The van der Waals surface area contributed by atoms with Crippen LogP contribution in [0.25, 0.3) is 0 Å². The number of pyridine rings is 1. The van der Waals surface area contributed by atoms with E-state index in [1.165, 1.54) is 24.3 Å². The lowest BCUT2D eigenvalue weighted by Crippen LogP contribution is -2.41. The first-order valence-electron chi connectivity index (χ1n) is 8.13. The zero-order chi connectivity index (χ0) is 21.8. The van der Waals surface area contributed by atoms with Crippen molar-refractivity contribution in [2.75, 3.05) is 13.6 Å². The molecule has 2 unspecified atom stereocenters. The Labute approximate surface area is 163 Å². The Morgan fingerprint density at radius 2 is 1.83 bits per heavy atom. The molecule has 1 heterocycles. The van der Waals surface area contributed by atoms with Crippen molar-refractivity contribution in [1.29, 1.82) is 0 Å². The molecule has 12 heteroatoms. The van der Waals surface area contributed by atoms with Gasteiger partial charge in [-0.15, -0.1) is 0 Å². The number of hydrogen-bond donors (Lipinski definition) is 3. The van der Waals surface area contributed by atoms with E-state index in [1.807, 2.05) is 4.72 Å². The number of amides is 1. The Morgan fingerprint density at radius 1 is 1.21 bits per heavy atom. The summed E-state index contributed by atoms with van der Waals surface area (Å²) in [6, 6.07) is 8.55. The summed E-state index contributed by atoms with van der Waals surface area (Å²) in [6.45, 7) is -1.23. The molecule has 1 aromatic carbocycles. The fraction of sp³-hybridized carbons (Fsp3) is 0.294. The van der Waals surface area contributed by atoms with Crippen LogP contribution in [0.5, 0.6) is 0 Å². The third-order valence-electron chi connectivity index (χ3n) is 3.89. The van der Waals surface area contributed by atoms with Gasteiger partial charge in [-0.25, -0.2) is 22.5 Å². The molecule has 2 atom stereocenters. The minimum Gasteiger partial charge on any atom is -0.382 e. The smallest absolute Gasteiger partial charge is 0.382 e. The molecule has 0 aliphatic rings. The first-order valence-corrected chi connectivity index (χ1v) is 9.61. The maximum atomic E-state index is 15.1. The molecule has 1 aromatic heterocycles. The molecule has 0 spiro atoms. The topological polar surface area (TPSA) is 108 Å². The van der Waals surface area contributed by atoms with Crippen LogP contribution in [0.2, 0.25) is 0 Å². The molecule has 0 bridgehead atoms. The number of hydrogen-bond acceptors (Lipinski definition) is 5. The number of nitrogens with zero attached hydrogens (tertiary/aromatic N) is 1. The zero-order valence-electron chi connectivity index (χ0n) is 14.9. The number of carbonyl (C=O) groups is 1. The SMILES string of the molecule is CNS(=O)(=O)c1c(C(F)c2ccccc2)ccnc1C(=O)NCC(O)C(F)(F)F. The van der Waals surface area contributed by atoms with Crippen molar-refractivity contribution in [3.05, 3.63) is 59.4 Å². The van der Waals surface area contributed by atoms with E-state index >= 15 is 4.39 Å². The van der Waals surface area contributed by atoms with E-state index in [0.29, 0.717) is 0 Å². The monoisotopic (exact) mass is 435 g/mol. The molecule has 29 heavy (non-hydrogen) atoms. The Bertz CT molecular complexity index is 968. The minimum atomic E-state index is -4.99. The van der Waals surface area contributed by atoms with E-state index in [1.54, 1.807) is 11.4 Å². The molecule has 0 aliphatic heterocycles. The summed E-state index contributed by atoms with van der Waals surface area (Å²) in [5, 5.41) is 10.8. The Kier molecular flexibility index (Phi) is 6.93. The van der Waals surface area contributed by atoms with Crippen molar-refractivity contribution in [3.63, 3.8) is 0 Å². The van der Waals surface area contributed by atoms with Gasteiger partial charge in [-0.2, -0.15) is 13.2 Å². The molecule has 0 aliphatic carbocycles. The summed E-state index contributed by atoms with van der Waals surface area (Å²) in [5.41, 5.74) is -1.11. The molecule has 2 rings (SSSR count). The molecule has 3 N–H and O–H groups in total. The number of aromatic nitrogens is 1. The third-order valence-corrected chi connectivity index (χ3v) is 5.39. The zero-order valence-corrected chi connectivity index (χ0v) is 15.8. The van der Waals surface area contributed by atoms with Crippen molar-refractivity contribution >= 4 is 15.9 Å². The second kappa shape index (κ2) is 8.84. The summed E-state index contributed by atoms with van der Waals surface area (Å²) >= 11 is 0. The van der Waals surface area contributed by atoms with Gasteiger partial charge >= 0.3 is 6.18 Å². The maximum Gasteiger partial charge on any atom is 0.416 e. The van der Waals surface area contributed by atoms with Crippen LogP contribution in [-0.4, -0.2) is 50.3 Å². The van der Waals surface area contributed by atoms with Crippen molar-refractivity contribution in [3.8, 4) is 0 Å². The number of aliphatic hydroxyl groups excluding tert-OH is 1. The van der Waals surface area contributed by atoms with E-state index in [4.69, 9.17) is 5.11 Å². The Balaban J connectivity index is 2.49. The molecular formula is C17H17F4N3O4S. The van der Waals surface area contributed by atoms with Crippen molar-refractivity contribution in [1.82, 2.24) is 15.0 Å². The van der Waals surface area contributed by atoms with Crippen LogP contribution in [0.3, 0.4) is 0 Å². The summed E-state index contributed by atoms with van der Waals surface area (Å²) in [7, 11) is -3.40. The fourth-order valence-corrected chi connectivity index (χ4v) is 3.49. The second-order valence-corrected chi connectivity index (χ2v) is 7.65. The number of carbonyl (C=O) groups excluding carboxylic acids is 1. The molecule has 7 nitrogen and oxygen atoms in total. The van der Waals surface area contributed by atoms with Gasteiger partial charge < -0.3 is 10.4 Å². The highest BCUT2D eigenvalue weighted by atomic mass is 32.2. The molecule has 2 aromatic rings. The van der Waals surface area contributed by atoms with E-state index in [-0.39, 0.29) is 5.56 Å². The highest BCUT2D eigenvalue weighted by Crippen LogP contribution is 2.32. The molecule has 158 valence electrons. The van der Waals surface area contributed by atoms with Gasteiger partial charge in [0.1, 0.15) is 10.6 Å². The number of rotatable bonds is 7. The van der Waals surface area contributed by atoms with Crippen molar-refractivity contribution in [2.24, 2.45) is 0 Å². The average molecular weight is 435 g/mol. The number of benzene rings is 1. The number of halogens is 4. The summed E-state index contributed by atoms with van der Waals surface area (Å²) in [6.07, 6.45) is -8.84. The highest BCUT2D eigenvalue weighted by molar-refractivity contribution is 7.89. The van der Waals surface area contributed by atoms with Crippen molar-refractivity contribution in [2.45, 2.75) is 23.3 Å². The van der Waals surface area contributed by atoms with E-state index < -0.39 is 57.1 Å². The second-order valence-electron chi connectivity index (χ2n) is 5.83. The molecule has 0 fully saturated rings. The molecule has 0 radical (unpaired) electrons.